The fraction of sp³-hybridized carbons (Fsp3) is 0.818. The normalized spacial score (nSPS) is 33.9. The van der Waals surface area contributed by atoms with Gasteiger partial charge in [-0.05, 0) is 12.3 Å². The highest BCUT2D eigenvalue weighted by Gasteiger charge is 2.32. The number of amides is 1. The first-order valence-electron chi connectivity index (χ1n) is 5.69. The minimum absolute atomic E-state index is 0.0893. The average Bonchev–Trinajstić information content (AvgIpc) is 2.22. The number of nitrogens with one attached hydrogen (secondary N) is 1. The van der Waals surface area contributed by atoms with Crippen LogP contribution in [0, 0.1) is 5.92 Å². The Morgan fingerprint density at radius 3 is 2.93 bits per heavy atom. The summed E-state index contributed by atoms with van der Waals surface area (Å²) in [5, 5.41) is 2.81. The van der Waals surface area contributed by atoms with Crippen molar-refractivity contribution in [1.82, 2.24) is 10.2 Å². The Bertz CT molecular complexity index is 278. The standard InChI is InChI=1S/C11H18N2O2/c1-8-2-3-9(14)6-10(8)13-5-4-12-11(15)7-13/h8,10H,2-7H2,1H3,(H,12,15). The summed E-state index contributed by atoms with van der Waals surface area (Å²) in [6, 6.07) is 0.289. The smallest absolute Gasteiger partial charge is 0.234 e. The highest BCUT2D eigenvalue weighted by Crippen LogP contribution is 2.26. The van der Waals surface area contributed by atoms with Gasteiger partial charge in [0.15, 0.2) is 0 Å². The summed E-state index contributed by atoms with van der Waals surface area (Å²) < 4.78 is 0. The van der Waals surface area contributed by atoms with Crippen LogP contribution in [0.15, 0.2) is 0 Å². The lowest BCUT2D eigenvalue weighted by atomic mass is 9.84. The van der Waals surface area contributed by atoms with Crippen molar-refractivity contribution >= 4 is 11.7 Å². The Hall–Kier alpha value is -0.900. The maximum Gasteiger partial charge on any atom is 0.234 e. The van der Waals surface area contributed by atoms with E-state index in [9.17, 15) is 9.59 Å². The maximum atomic E-state index is 11.4. The van der Waals surface area contributed by atoms with Crippen LogP contribution in [-0.4, -0.2) is 42.3 Å². The number of hydrogen-bond acceptors (Lipinski definition) is 3. The van der Waals surface area contributed by atoms with Crippen molar-refractivity contribution in [2.24, 2.45) is 5.92 Å². The van der Waals surface area contributed by atoms with E-state index in [2.05, 4.69) is 17.1 Å². The number of carbonyl (C=O) groups excluding carboxylic acids is 2. The van der Waals surface area contributed by atoms with Gasteiger partial charge >= 0.3 is 0 Å². The molecule has 1 aliphatic carbocycles. The molecule has 1 saturated heterocycles. The van der Waals surface area contributed by atoms with Crippen LogP contribution in [0.5, 0.6) is 0 Å². The van der Waals surface area contributed by atoms with Crippen LogP contribution in [0.2, 0.25) is 0 Å². The molecule has 0 radical (unpaired) electrons. The minimum Gasteiger partial charge on any atom is -0.354 e. The summed E-state index contributed by atoms with van der Waals surface area (Å²) in [5.74, 6) is 0.976. The van der Waals surface area contributed by atoms with Crippen LogP contribution in [0.25, 0.3) is 0 Å². The van der Waals surface area contributed by atoms with E-state index in [1.54, 1.807) is 0 Å². The number of nitrogens with zero attached hydrogens (tertiary/aromatic N) is 1. The molecule has 2 fully saturated rings. The predicted octanol–water partition coefficient (Wildman–Crippen LogP) is 0.176. The zero-order chi connectivity index (χ0) is 10.8. The number of hydrogen-bond donors (Lipinski definition) is 1. The second-order valence-corrected chi connectivity index (χ2v) is 4.65. The van der Waals surface area contributed by atoms with E-state index in [1.165, 1.54) is 0 Å². The summed E-state index contributed by atoms with van der Waals surface area (Å²) >= 11 is 0. The molecule has 0 spiro atoms. The van der Waals surface area contributed by atoms with Gasteiger partial charge in [-0.1, -0.05) is 6.92 Å². The van der Waals surface area contributed by atoms with Gasteiger partial charge in [0.25, 0.3) is 0 Å². The molecule has 0 bridgehead atoms. The fourth-order valence-electron chi connectivity index (χ4n) is 2.55. The van der Waals surface area contributed by atoms with Gasteiger partial charge in [0.2, 0.25) is 5.91 Å². The molecule has 2 atom stereocenters. The molecular formula is C11H18N2O2. The van der Waals surface area contributed by atoms with E-state index in [1.807, 2.05) is 0 Å². The van der Waals surface area contributed by atoms with Crippen LogP contribution >= 0.6 is 0 Å². The molecule has 0 aromatic heterocycles. The summed E-state index contributed by atoms with van der Waals surface area (Å²) in [6.45, 7) is 4.25. The fourth-order valence-corrected chi connectivity index (χ4v) is 2.55. The summed E-state index contributed by atoms with van der Waals surface area (Å²) in [7, 11) is 0. The van der Waals surface area contributed by atoms with E-state index in [0.29, 0.717) is 24.7 Å². The summed E-state index contributed by atoms with van der Waals surface area (Å²) in [4.78, 5) is 24.8. The second kappa shape index (κ2) is 4.31. The van der Waals surface area contributed by atoms with E-state index < -0.39 is 0 Å². The number of rotatable bonds is 1. The zero-order valence-corrected chi connectivity index (χ0v) is 9.16. The van der Waals surface area contributed by atoms with Gasteiger partial charge in [0, 0.05) is 32.0 Å². The van der Waals surface area contributed by atoms with Crippen molar-refractivity contribution in [3.8, 4) is 0 Å². The summed E-state index contributed by atoms with van der Waals surface area (Å²) in [6.07, 6.45) is 2.33. The van der Waals surface area contributed by atoms with Gasteiger partial charge < -0.3 is 5.32 Å². The molecule has 1 heterocycles. The van der Waals surface area contributed by atoms with E-state index >= 15 is 0 Å². The molecule has 84 valence electrons. The van der Waals surface area contributed by atoms with Gasteiger partial charge in [-0.15, -0.1) is 0 Å². The summed E-state index contributed by atoms with van der Waals surface area (Å²) in [5.41, 5.74) is 0. The zero-order valence-electron chi connectivity index (χ0n) is 9.16. The van der Waals surface area contributed by atoms with Crippen molar-refractivity contribution in [1.29, 1.82) is 0 Å². The Morgan fingerprint density at radius 1 is 1.40 bits per heavy atom. The second-order valence-electron chi connectivity index (χ2n) is 4.65. The van der Waals surface area contributed by atoms with E-state index in [-0.39, 0.29) is 11.9 Å². The molecule has 0 aromatic rings. The quantitative estimate of drug-likeness (QED) is 0.671. The molecule has 15 heavy (non-hydrogen) atoms. The average molecular weight is 210 g/mol. The number of Topliss-reactive ketones (excluding diaryl/α,β-unsaturated/α-hetero) is 1. The lowest BCUT2D eigenvalue weighted by Gasteiger charge is -2.39. The van der Waals surface area contributed by atoms with Crippen molar-refractivity contribution in [3.63, 3.8) is 0 Å². The molecule has 1 N–H and O–H groups in total. The largest absolute Gasteiger partial charge is 0.354 e. The molecule has 2 rings (SSSR count). The van der Waals surface area contributed by atoms with Gasteiger partial charge in [0.1, 0.15) is 5.78 Å². The van der Waals surface area contributed by atoms with E-state index in [0.717, 1.165) is 25.9 Å². The molecule has 4 heteroatoms. The van der Waals surface area contributed by atoms with Crippen LogP contribution in [-0.2, 0) is 9.59 Å². The third-order valence-electron chi connectivity index (χ3n) is 3.51. The third-order valence-corrected chi connectivity index (χ3v) is 3.51. The van der Waals surface area contributed by atoms with Crippen molar-refractivity contribution in [3.05, 3.63) is 0 Å². The molecular weight excluding hydrogens is 192 g/mol. The van der Waals surface area contributed by atoms with E-state index in [4.69, 9.17) is 0 Å². The lowest BCUT2D eigenvalue weighted by Crippen LogP contribution is -2.54. The number of carbonyl (C=O) groups is 2. The molecule has 1 saturated carbocycles. The van der Waals surface area contributed by atoms with Crippen LogP contribution in [0.4, 0.5) is 0 Å². The maximum absolute atomic E-state index is 11.4. The first-order valence-corrected chi connectivity index (χ1v) is 5.69. The molecule has 4 nitrogen and oxygen atoms in total. The number of piperazine rings is 1. The Balaban J connectivity index is 2.00. The Morgan fingerprint density at radius 2 is 2.20 bits per heavy atom. The molecule has 1 aliphatic heterocycles. The Kier molecular flexibility index (Phi) is 3.05. The Labute approximate surface area is 90.0 Å². The van der Waals surface area contributed by atoms with Gasteiger partial charge in [0.05, 0.1) is 6.54 Å². The minimum atomic E-state index is 0.0893. The van der Waals surface area contributed by atoms with Gasteiger partial charge in [-0.25, -0.2) is 0 Å². The van der Waals surface area contributed by atoms with Crippen LogP contribution in [0.3, 0.4) is 0 Å². The highest BCUT2D eigenvalue weighted by atomic mass is 16.2. The van der Waals surface area contributed by atoms with Gasteiger partial charge in [-0.2, -0.15) is 0 Å². The third kappa shape index (κ3) is 2.37. The first kappa shape index (κ1) is 10.6. The SMILES string of the molecule is CC1CCC(=O)CC1N1CCNC(=O)C1. The van der Waals surface area contributed by atoms with Gasteiger partial charge in [-0.3, -0.25) is 14.5 Å². The van der Waals surface area contributed by atoms with Crippen LogP contribution < -0.4 is 5.32 Å². The number of ketones is 1. The van der Waals surface area contributed by atoms with Crippen molar-refractivity contribution in [2.75, 3.05) is 19.6 Å². The van der Waals surface area contributed by atoms with Crippen molar-refractivity contribution < 1.29 is 9.59 Å². The topological polar surface area (TPSA) is 49.4 Å². The molecule has 2 aliphatic rings. The first-order chi connectivity index (χ1) is 7.16. The molecule has 0 aromatic carbocycles. The van der Waals surface area contributed by atoms with Crippen LogP contribution in [0.1, 0.15) is 26.2 Å². The lowest BCUT2D eigenvalue weighted by molar-refractivity contribution is -0.129. The highest BCUT2D eigenvalue weighted by molar-refractivity contribution is 5.81. The monoisotopic (exact) mass is 210 g/mol. The molecule has 1 amide bonds. The van der Waals surface area contributed by atoms with Crippen molar-refractivity contribution in [2.45, 2.75) is 32.2 Å². The predicted molar refractivity (Wildman–Crippen MR) is 56.4 cm³/mol. The molecule has 2 unspecified atom stereocenters.